The van der Waals surface area contributed by atoms with Crippen LogP contribution in [0.2, 0.25) is 0 Å². The van der Waals surface area contributed by atoms with Gasteiger partial charge in [0.05, 0.1) is 5.69 Å². The molecule has 0 amide bonds. The lowest BCUT2D eigenvalue weighted by molar-refractivity contribution is 0.0988. The summed E-state index contributed by atoms with van der Waals surface area (Å²) in [5.74, 6) is -0.721. The Bertz CT molecular complexity index is 601. The second-order valence-electron chi connectivity index (χ2n) is 3.78. The molecular weight excluding hydrogens is 299 g/mol. The standard InChI is InChI=1S/C13H10BrFN2O/c14-9-4-3-8(10(15)7-9)6-12(18)13-11(16)2-1-5-17-13/h1-5,7H,6,16H2. The molecule has 5 heteroatoms. The highest BCUT2D eigenvalue weighted by molar-refractivity contribution is 9.10. The molecule has 3 nitrogen and oxygen atoms in total. The maximum absolute atomic E-state index is 13.6. The lowest BCUT2D eigenvalue weighted by Crippen LogP contribution is -2.10. The SMILES string of the molecule is Nc1cccnc1C(=O)Cc1ccc(Br)cc1F. The Labute approximate surface area is 112 Å². The molecule has 0 saturated heterocycles. The first kappa shape index (κ1) is 12.7. The first-order valence-corrected chi connectivity index (χ1v) is 6.05. The van der Waals surface area contributed by atoms with E-state index in [2.05, 4.69) is 20.9 Å². The number of nitrogen functional groups attached to an aromatic ring is 1. The predicted octanol–water partition coefficient (Wildman–Crippen LogP) is 2.99. The Balaban J connectivity index is 2.24. The zero-order valence-corrected chi connectivity index (χ0v) is 10.9. The molecule has 92 valence electrons. The zero-order valence-electron chi connectivity index (χ0n) is 9.36. The summed E-state index contributed by atoms with van der Waals surface area (Å²) >= 11 is 3.16. The zero-order chi connectivity index (χ0) is 13.1. The monoisotopic (exact) mass is 308 g/mol. The molecule has 0 fully saturated rings. The first-order chi connectivity index (χ1) is 8.58. The van der Waals surface area contributed by atoms with E-state index in [1.54, 1.807) is 24.3 Å². The van der Waals surface area contributed by atoms with Crippen LogP contribution in [0.4, 0.5) is 10.1 Å². The Hall–Kier alpha value is -1.75. The number of halogens is 2. The fourth-order valence-corrected chi connectivity index (χ4v) is 1.91. The molecule has 2 aromatic rings. The van der Waals surface area contributed by atoms with Gasteiger partial charge in [0.1, 0.15) is 11.5 Å². The van der Waals surface area contributed by atoms with Gasteiger partial charge < -0.3 is 5.73 Å². The average molecular weight is 309 g/mol. The van der Waals surface area contributed by atoms with Gasteiger partial charge in [-0.2, -0.15) is 0 Å². The molecule has 18 heavy (non-hydrogen) atoms. The van der Waals surface area contributed by atoms with Gasteiger partial charge in [0.15, 0.2) is 5.78 Å². The Kier molecular flexibility index (Phi) is 3.72. The number of nitrogens with zero attached hydrogens (tertiary/aromatic N) is 1. The first-order valence-electron chi connectivity index (χ1n) is 5.25. The number of hydrogen-bond acceptors (Lipinski definition) is 3. The van der Waals surface area contributed by atoms with Crippen LogP contribution in [0.1, 0.15) is 16.1 Å². The lowest BCUT2D eigenvalue weighted by atomic mass is 10.1. The molecule has 1 aromatic heterocycles. The maximum atomic E-state index is 13.6. The van der Waals surface area contributed by atoms with Gasteiger partial charge in [0, 0.05) is 17.1 Å². The molecule has 0 saturated carbocycles. The van der Waals surface area contributed by atoms with E-state index in [9.17, 15) is 9.18 Å². The third kappa shape index (κ3) is 2.73. The number of carbonyl (C=O) groups is 1. The highest BCUT2D eigenvalue weighted by Crippen LogP contribution is 2.18. The molecular formula is C13H10BrFN2O. The summed E-state index contributed by atoms with van der Waals surface area (Å²) in [7, 11) is 0. The second-order valence-corrected chi connectivity index (χ2v) is 4.69. The summed E-state index contributed by atoms with van der Waals surface area (Å²) in [6.07, 6.45) is 1.43. The van der Waals surface area contributed by atoms with E-state index in [0.717, 1.165) is 0 Å². The summed E-state index contributed by atoms with van der Waals surface area (Å²) in [6, 6.07) is 7.82. The van der Waals surface area contributed by atoms with Crippen molar-refractivity contribution >= 4 is 27.4 Å². The van der Waals surface area contributed by atoms with Crippen molar-refractivity contribution in [3.05, 3.63) is 58.1 Å². The Morgan fingerprint density at radius 3 is 2.83 bits per heavy atom. The van der Waals surface area contributed by atoms with Gasteiger partial charge in [0.25, 0.3) is 0 Å². The van der Waals surface area contributed by atoms with Gasteiger partial charge in [-0.05, 0) is 29.8 Å². The number of benzene rings is 1. The van der Waals surface area contributed by atoms with Crippen LogP contribution in [0.15, 0.2) is 41.0 Å². The van der Waals surface area contributed by atoms with Gasteiger partial charge in [-0.15, -0.1) is 0 Å². The van der Waals surface area contributed by atoms with Gasteiger partial charge in [-0.1, -0.05) is 22.0 Å². The van der Waals surface area contributed by atoms with E-state index in [1.165, 1.54) is 12.3 Å². The largest absolute Gasteiger partial charge is 0.397 e. The molecule has 1 heterocycles. The average Bonchev–Trinajstić information content (AvgIpc) is 2.33. The van der Waals surface area contributed by atoms with Crippen LogP contribution in [0, 0.1) is 5.82 Å². The van der Waals surface area contributed by atoms with Crippen LogP contribution in [-0.4, -0.2) is 10.8 Å². The van der Waals surface area contributed by atoms with Crippen molar-refractivity contribution < 1.29 is 9.18 Å². The van der Waals surface area contributed by atoms with E-state index in [0.29, 0.717) is 15.7 Å². The minimum atomic E-state index is -0.424. The fraction of sp³-hybridized carbons (Fsp3) is 0.0769. The van der Waals surface area contributed by atoms with E-state index in [-0.39, 0.29) is 17.9 Å². The van der Waals surface area contributed by atoms with Crippen LogP contribution in [-0.2, 0) is 6.42 Å². The molecule has 2 N–H and O–H groups in total. The normalized spacial score (nSPS) is 10.3. The minimum Gasteiger partial charge on any atom is -0.397 e. The van der Waals surface area contributed by atoms with Crippen molar-refractivity contribution in [2.24, 2.45) is 0 Å². The molecule has 0 radical (unpaired) electrons. The van der Waals surface area contributed by atoms with Crippen LogP contribution in [0.5, 0.6) is 0 Å². The van der Waals surface area contributed by atoms with Crippen LogP contribution in [0.25, 0.3) is 0 Å². The Morgan fingerprint density at radius 1 is 1.39 bits per heavy atom. The summed E-state index contributed by atoms with van der Waals surface area (Å²) in [6.45, 7) is 0. The molecule has 0 aliphatic rings. The predicted molar refractivity (Wildman–Crippen MR) is 70.8 cm³/mol. The second kappa shape index (κ2) is 5.27. The number of hydrogen-bond donors (Lipinski definition) is 1. The third-order valence-electron chi connectivity index (χ3n) is 2.47. The van der Waals surface area contributed by atoms with Gasteiger partial charge in [-0.25, -0.2) is 4.39 Å². The quantitative estimate of drug-likeness (QED) is 0.887. The number of rotatable bonds is 3. The molecule has 2 rings (SSSR count). The van der Waals surface area contributed by atoms with Crippen molar-refractivity contribution in [2.75, 3.05) is 5.73 Å². The van der Waals surface area contributed by atoms with E-state index in [4.69, 9.17) is 5.73 Å². The highest BCUT2D eigenvalue weighted by Gasteiger charge is 2.14. The van der Waals surface area contributed by atoms with Crippen molar-refractivity contribution in [1.29, 1.82) is 0 Å². The highest BCUT2D eigenvalue weighted by atomic mass is 79.9. The minimum absolute atomic E-state index is 0.0552. The van der Waals surface area contributed by atoms with Gasteiger partial charge >= 0.3 is 0 Å². The molecule has 0 unspecified atom stereocenters. The number of pyridine rings is 1. The van der Waals surface area contributed by atoms with Crippen LogP contribution < -0.4 is 5.73 Å². The van der Waals surface area contributed by atoms with E-state index < -0.39 is 5.82 Å². The molecule has 0 aliphatic carbocycles. The number of aromatic nitrogens is 1. The Morgan fingerprint density at radius 2 is 2.17 bits per heavy atom. The summed E-state index contributed by atoms with van der Waals surface area (Å²) in [5.41, 5.74) is 6.47. The molecule has 0 aliphatic heterocycles. The number of nitrogens with two attached hydrogens (primary N) is 1. The number of anilines is 1. The molecule has 0 bridgehead atoms. The van der Waals surface area contributed by atoms with E-state index in [1.807, 2.05) is 0 Å². The van der Waals surface area contributed by atoms with Gasteiger partial charge in [-0.3, -0.25) is 9.78 Å². The molecule has 0 atom stereocenters. The number of Topliss-reactive ketones (excluding diaryl/α,β-unsaturated/α-hetero) is 1. The van der Waals surface area contributed by atoms with Gasteiger partial charge in [0.2, 0.25) is 0 Å². The topological polar surface area (TPSA) is 56.0 Å². The molecule has 1 aromatic carbocycles. The third-order valence-corrected chi connectivity index (χ3v) is 2.96. The van der Waals surface area contributed by atoms with Crippen molar-refractivity contribution in [3.63, 3.8) is 0 Å². The van der Waals surface area contributed by atoms with E-state index >= 15 is 0 Å². The smallest absolute Gasteiger partial charge is 0.187 e. The maximum Gasteiger partial charge on any atom is 0.187 e. The fourth-order valence-electron chi connectivity index (χ4n) is 1.57. The molecule has 0 spiro atoms. The van der Waals surface area contributed by atoms with Crippen molar-refractivity contribution in [1.82, 2.24) is 4.98 Å². The van der Waals surface area contributed by atoms with Crippen LogP contribution in [0.3, 0.4) is 0 Å². The van der Waals surface area contributed by atoms with Crippen molar-refractivity contribution in [3.8, 4) is 0 Å². The van der Waals surface area contributed by atoms with Crippen molar-refractivity contribution in [2.45, 2.75) is 6.42 Å². The summed E-state index contributed by atoms with van der Waals surface area (Å²) < 4.78 is 14.2. The summed E-state index contributed by atoms with van der Waals surface area (Å²) in [5, 5.41) is 0. The van der Waals surface area contributed by atoms with Crippen LogP contribution >= 0.6 is 15.9 Å². The summed E-state index contributed by atoms with van der Waals surface area (Å²) in [4.78, 5) is 15.9. The number of ketones is 1. The lowest BCUT2D eigenvalue weighted by Gasteiger charge is -2.05. The number of carbonyl (C=O) groups excluding carboxylic acids is 1.